The molecule has 1 unspecified atom stereocenters. The lowest BCUT2D eigenvalue weighted by molar-refractivity contribution is -0.142. The van der Waals surface area contributed by atoms with Gasteiger partial charge < -0.3 is 15.2 Å². The van der Waals surface area contributed by atoms with Crippen LogP contribution in [0.5, 0.6) is 5.75 Å². The summed E-state index contributed by atoms with van der Waals surface area (Å²) in [7, 11) is 0. The Morgan fingerprint density at radius 3 is 2.65 bits per heavy atom. The smallest absolute Gasteiger partial charge is 0.326 e. The van der Waals surface area contributed by atoms with Gasteiger partial charge in [0.25, 0.3) is 0 Å². The lowest BCUT2D eigenvalue weighted by Crippen LogP contribution is -2.41. The van der Waals surface area contributed by atoms with Crippen LogP contribution >= 0.6 is 0 Å². The zero-order chi connectivity index (χ0) is 16.8. The fourth-order valence-corrected chi connectivity index (χ4v) is 2.40. The summed E-state index contributed by atoms with van der Waals surface area (Å²) in [4.78, 5) is 23.0. The molecule has 1 aromatic carbocycles. The monoisotopic (exact) mass is 319 g/mol. The quantitative estimate of drug-likeness (QED) is 0.686. The molecule has 1 aliphatic rings. The van der Waals surface area contributed by atoms with Gasteiger partial charge in [0, 0.05) is 6.42 Å². The average Bonchev–Trinajstić information content (AvgIpc) is 3.30. The predicted molar refractivity (Wildman–Crippen MR) is 87.6 cm³/mol. The van der Waals surface area contributed by atoms with Gasteiger partial charge in [-0.05, 0) is 55.9 Å². The standard InChI is InChI=1S/C18H25NO4/c1-12-5-8-15(10-13(12)2)23-9-3-4-17(20)19-16(18(21)22)11-14-6-7-14/h5,8,10,14,16H,3-4,6-7,9,11H2,1-2H3,(H,19,20)(H,21,22). The van der Waals surface area contributed by atoms with Gasteiger partial charge in [0.1, 0.15) is 11.8 Å². The molecule has 23 heavy (non-hydrogen) atoms. The Balaban J connectivity index is 1.67. The van der Waals surface area contributed by atoms with Crippen molar-refractivity contribution in [3.05, 3.63) is 29.3 Å². The fourth-order valence-electron chi connectivity index (χ4n) is 2.40. The summed E-state index contributed by atoms with van der Waals surface area (Å²) < 4.78 is 5.62. The van der Waals surface area contributed by atoms with Crippen molar-refractivity contribution >= 4 is 11.9 Å². The van der Waals surface area contributed by atoms with Crippen LogP contribution < -0.4 is 10.1 Å². The van der Waals surface area contributed by atoms with Gasteiger partial charge in [-0.2, -0.15) is 0 Å². The Morgan fingerprint density at radius 2 is 2.04 bits per heavy atom. The second-order valence-electron chi connectivity index (χ2n) is 6.34. The molecular weight excluding hydrogens is 294 g/mol. The van der Waals surface area contributed by atoms with Gasteiger partial charge in [0.2, 0.25) is 5.91 Å². The van der Waals surface area contributed by atoms with E-state index in [2.05, 4.69) is 5.32 Å². The largest absolute Gasteiger partial charge is 0.494 e. The highest BCUT2D eigenvalue weighted by Crippen LogP contribution is 2.33. The molecule has 0 saturated heterocycles. The second-order valence-corrected chi connectivity index (χ2v) is 6.34. The van der Waals surface area contributed by atoms with Crippen molar-refractivity contribution in [2.24, 2.45) is 5.92 Å². The maximum atomic E-state index is 11.8. The second kappa shape index (κ2) is 7.99. The summed E-state index contributed by atoms with van der Waals surface area (Å²) in [6.45, 7) is 4.52. The number of ether oxygens (including phenoxy) is 1. The van der Waals surface area contributed by atoms with Crippen molar-refractivity contribution in [1.82, 2.24) is 5.32 Å². The number of hydrogen-bond acceptors (Lipinski definition) is 3. The average molecular weight is 319 g/mol. The molecule has 5 heteroatoms. The number of hydrogen-bond donors (Lipinski definition) is 2. The maximum absolute atomic E-state index is 11.8. The molecule has 0 bridgehead atoms. The molecule has 0 heterocycles. The first kappa shape index (κ1) is 17.3. The number of nitrogens with one attached hydrogen (secondary N) is 1. The molecule has 0 aliphatic heterocycles. The van der Waals surface area contributed by atoms with Crippen LogP contribution in [0.1, 0.15) is 43.2 Å². The van der Waals surface area contributed by atoms with Gasteiger partial charge >= 0.3 is 5.97 Å². The molecule has 126 valence electrons. The number of aliphatic carboxylic acids is 1. The summed E-state index contributed by atoms with van der Waals surface area (Å²) >= 11 is 0. The van der Waals surface area contributed by atoms with E-state index in [4.69, 9.17) is 9.84 Å². The molecule has 1 fully saturated rings. The zero-order valence-corrected chi connectivity index (χ0v) is 13.8. The highest BCUT2D eigenvalue weighted by atomic mass is 16.5. The lowest BCUT2D eigenvalue weighted by atomic mass is 10.1. The van der Waals surface area contributed by atoms with Crippen LogP contribution in [0.2, 0.25) is 0 Å². The van der Waals surface area contributed by atoms with Crippen molar-refractivity contribution in [1.29, 1.82) is 0 Å². The molecule has 1 saturated carbocycles. The van der Waals surface area contributed by atoms with E-state index in [0.29, 0.717) is 25.4 Å². The molecule has 5 nitrogen and oxygen atoms in total. The molecular formula is C18H25NO4. The predicted octanol–water partition coefficient (Wildman–Crippen LogP) is 2.83. The molecule has 2 rings (SSSR count). The third kappa shape index (κ3) is 5.93. The third-order valence-electron chi connectivity index (χ3n) is 4.19. The SMILES string of the molecule is Cc1ccc(OCCCC(=O)NC(CC2CC2)C(=O)O)cc1C. The van der Waals surface area contributed by atoms with E-state index in [1.807, 2.05) is 32.0 Å². The first-order chi connectivity index (χ1) is 11.0. The molecule has 0 radical (unpaired) electrons. The van der Waals surface area contributed by atoms with Crippen LogP contribution in [0.3, 0.4) is 0 Å². The van der Waals surface area contributed by atoms with Crippen molar-refractivity contribution in [2.45, 2.75) is 52.0 Å². The first-order valence-electron chi connectivity index (χ1n) is 8.18. The Kier molecular flexibility index (Phi) is 6.02. The van der Waals surface area contributed by atoms with Crippen molar-refractivity contribution in [2.75, 3.05) is 6.61 Å². The summed E-state index contributed by atoms with van der Waals surface area (Å²) in [5.74, 6) is 0.0912. The van der Waals surface area contributed by atoms with Crippen LogP contribution in [-0.4, -0.2) is 29.6 Å². The summed E-state index contributed by atoms with van der Waals surface area (Å²) in [5, 5.41) is 11.7. The van der Waals surface area contributed by atoms with E-state index in [-0.39, 0.29) is 12.3 Å². The van der Waals surface area contributed by atoms with Crippen LogP contribution in [0.15, 0.2) is 18.2 Å². The van der Waals surface area contributed by atoms with Gasteiger partial charge in [0.15, 0.2) is 0 Å². The zero-order valence-electron chi connectivity index (χ0n) is 13.8. The van der Waals surface area contributed by atoms with Gasteiger partial charge in [0.05, 0.1) is 6.61 Å². The van der Waals surface area contributed by atoms with E-state index in [9.17, 15) is 9.59 Å². The normalized spacial score (nSPS) is 15.0. The summed E-state index contributed by atoms with van der Waals surface area (Å²) in [5.41, 5.74) is 2.39. The molecule has 2 N–H and O–H groups in total. The minimum absolute atomic E-state index is 0.221. The Morgan fingerprint density at radius 1 is 1.30 bits per heavy atom. The van der Waals surface area contributed by atoms with Gasteiger partial charge in [-0.3, -0.25) is 4.79 Å². The Labute approximate surface area is 137 Å². The van der Waals surface area contributed by atoms with Crippen molar-refractivity contribution < 1.29 is 19.4 Å². The van der Waals surface area contributed by atoms with Crippen LogP contribution in [-0.2, 0) is 9.59 Å². The number of benzene rings is 1. The Bertz CT molecular complexity index is 566. The Hall–Kier alpha value is -2.04. The van der Waals surface area contributed by atoms with Crippen molar-refractivity contribution in [3.8, 4) is 5.75 Å². The first-order valence-corrected chi connectivity index (χ1v) is 8.18. The summed E-state index contributed by atoms with van der Waals surface area (Å²) in [6.07, 6.45) is 3.53. The van der Waals surface area contributed by atoms with E-state index in [1.165, 1.54) is 11.1 Å². The minimum atomic E-state index is -0.948. The number of aryl methyl sites for hydroxylation is 2. The molecule has 1 atom stereocenters. The molecule has 1 amide bonds. The number of carboxylic acid groups (broad SMARTS) is 1. The number of carbonyl (C=O) groups excluding carboxylic acids is 1. The topological polar surface area (TPSA) is 75.6 Å². The molecule has 1 aromatic rings. The van der Waals surface area contributed by atoms with Crippen LogP contribution in [0.25, 0.3) is 0 Å². The van der Waals surface area contributed by atoms with E-state index in [1.54, 1.807) is 0 Å². The number of amides is 1. The number of rotatable bonds is 9. The van der Waals surface area contributed by atoms with Crippen LogP contribution in [0, 0.1) is 19.8 Å². The van der Waals surface area contributed by atoms with Gasteiger partial charge in [-0.25, -0.2) is 4.79 Å². The highest BCUT2D eigenvalue weighted by molar-refractivity contribution is 5.83. The molecule has 0 spiro atoms. The molecule has 1 aliphatic carbocycles. The number of carbonyl (C=O) groups is 2. The van der Waals surface area contributed by atoms with Gasteiger partial charge in [-0.1, -0.05) is 18.9 Å². The van der Waals surface area contributed by atoms with Gasteiger partial charge in [-0.15, -0.1) is 0 Å². The van der Waals surface area contributed by atoms with E-state index in [0.717, 1.165) is 18.6 Å². The number of carboxylic acids is 1. The third-order valence-corrected chi connectivity index (χ3v) is 4.19. The fraction of sp³-hybridized carbons (Fsp3) is 0.556. The summed E-state index contributed by atoms with van der Waals surface area (Å²) in [6, 6.07) is 5.15. The van der Waals surface area contributed by atoms with Crippen molar-refractivity contribution in [3.63, 3.8) is 0 Å². The maximum Gasteiger partial charge on any atom is 0.326 e. The van der Waals surface area contributed by atoms with E-state index >= 15 is 0 Å². The lowest BCUT2D eigenvalue weighted by Gasteiger charge is -2.14. The minimum Gasteiger partial charge on any atom is -0.494 e. The van der Waals surface area contributed by atoms with Crippen LogP contribution in [0.4, 0.5) is 0 Å². The highest BCUT2D eigenvalue weighted by Gasteiger charge is 2.29. The molecule has 0 aromatic heterocycles. The van der Waals surface area contributed by atoms with E-state index < -0.39 is 12.0 Å².